The summed E-state index contributed by atoms with van der Waals surface area (Å²) in [5.74, 6) is -0.318. The monoisotopic (exact) mass is 218 g/mol. The third-order valence-corrected chi connectivity index (χ3v) is 1.99. The molecule has 0 spiro atoms. The highest BCUT2D eigenvalue weighted by molar-refractivity contribution is 5.73. The number of rotatable bonds is 4. The molecule has 0 aliphatic rings. The van der Waals surface area contributed by atoms with Crippen LogP contribution in [0.3, 0.4) is 0 Å². The topological polar surface area (TPSA) is 75.2 Å². The van der Waals surface area contributed by atoms with Gasteiger partial charge >= 0.3 is 5.97 Å². The number of carboxylic acid groups (broad SMARTS) is 1. The van der Waals surface area contributed by atoms with Crippen LogP contribution in [0, 0.1) is 0 Å². The van der Waals surface area contributed by atoms with Crippen molar-refractivity contribution in [1.82, 2.24) is 9.97 Å². The Morgan fingerprint density at radius 1 is 1.38 bits per heavy atom. The summed E-state index contributed by atoms with van der Waals surface area (Å²) in [6, 6.07) is 8.76. The Morgan fingerprint density at radius 2 is 2.12 bits per heavy atom. The van der Waals surface area contributed by atoms with Gasteiger partial charge in [0.15, 0.2) is 5.82 Å². The molecule has 1 aromatic carbocycles. The van der Waals surface area contributed by atoms with Gasteiger partial charge in [-0.3, -0.25) is 0 Å². The van der Waals surface area contributed by atoms with Crippen LogP contribution in [0.1, 0.15) is 11.9 Å². The third-order valence-electron chi connectivity index (χ3n) is 1.99. The Hall–Kier alpha value is -2.30. The normalized spacial score (nSPS) is 12.0. The van der Waals surface area contributed by atoms with Crippen LogP contribution in [0.5, 0.6) is 5.75 Å². The average Bonchev–Trinajstić information content (AvgIpc) is 2.80. The summed E-state index contributed by atoms with van der Waals surface area (Å²) in [6.45, 7) is 0. The van der Waals surface area contributed by atoms with E-state index in [0.717, 1.165) is 0 Å². The number of aromatic nitrogens is 2. The van der Waals surface area contributed by atoms with E-state index in [1.165, 1.54) is 6.20 Å². The summed E-state index contributed by atoms with van der Waals surface area (Å²) in [6.07, 6.45) is 1.93. The maximum Gasteiger partial charge on any atom is 0.352 e. The van der Waals surface area contributed by atoms with Crippen molar-refractivity contribution in [2.45, 2.75) is 6.10 Å². The van der Waals surface area contributed by atoms with Gasteiger partial charge < -0.3 is 14.8 Å². The molecule has 1 aromatic heterocycles. The summed E-state index contributed by atoms with van der Waals surface area (Å²) in [5, 5.41) is 9.02. The molecule has 82 valence electrons. The highest BCUT2D eigenvalue weighted by Gasteiger charge is 2.24. The summed E-state index contributed by atoms with van der Waals surface area (Å²) in [7, 11) is 0. The molecule has 0 aliphatic heterocycles. The second-order valence-electron chi connectivity index (χ2n) is 3.12. The maximum absolute atomic E-state index is 11.0. The highest BCUT2D eigenvalue weighted by Crippen LogP contribution is 2.19. The minimum absolute atomic E-state index is 0.274. The first kappa shape index (κ1) is 10.2. The molecule has 2 rings (SSSR count). The molecule has 1 heterocycles. The van der Waals surface area contributed by atoms with Crippen molar-refractivity contribution >= 4 is 5.97 Å². The summed E-state index contributed by atoms with van der Waals surface area (Å²) >= 11 is 0. The Bertz CT molecular complexity index is 453. The minimum atomic E-state index is -1.11. The first-order valence-electron chi connectivity index (χ1n) is 4.71. The zero-order valence-corrected chi connectivity index (χ0v) is 8.33. The predicted octanol–water partition coefficient (Wildman–Crippen LogP) is 1.61. The number of hydrogen-bond donors (Lipinski definition) is 2. The molecule has 16 heavy (non-hydrogen) atoms. The number of imidazole rings is 1. The van der Waals surface area contributed by atoms with Gasteiger partial charge in [-0.2, -0.15) is 0 Å². The van der Waals surface area contributed by atoms with E-state index < -0.39 is 12.1 Å². The van der Waals surface area contributed by atoms with Gasteiger partial charge in [0.2, 0.25) is 0 Å². The quantitative estimate of drug-likeness (QED) is 0.817. The van der Waals surface area contributed by atoms with Crippen LogP contribution in [-0.4, -0.2) is 21.0 Å². The van der Waals surface area contributed by atoms with Gasteiger partial charge in [-0.25, -0.2) is 9.78 Å². The number of carbonyl (C=O) groups is 1. The standard InChI is InChI=1S/C11H10N2O3/c14-11(15)9(10-12-6-7-13-10)16-8-4-2-1-3-5-8/h1-7,9H,(H,12,13)(H,14,15). The van der Waals surface area contributed by atoms with Crippen molar-refractivity contribution in [3.63, 3.8) is 0 Å². The lowest BCUT2D eigenvalue weighted by Gasteiger charge is -2.12. The van der Waals surface area contributed by atoms with Gasteiger partial charge in [-0.15, -0.1) is 0 Å². The molecular formula is C11H10N2O3. The third kappa shape index (κ3) is 2.20. The van der Waals surface area contributed by atoms with E-state index >= 15 is 0 Å². The second-order valence-corrected chi connectivity index (χ2v) is 3.12. The van der Waals surface area contributed by atoms with E-state index in [1.54, 1.807) is 30.5 Å². The van der Waals surface area contributed by atoms with Crippen LogP contribution in [0.2, 0.25) is 0 Å². The first-order chi connectivity index (χ1) is 7.77. The van der Waals surface area contributed by atoms with Crippen LogP contribution < -0.4 is 4.74 Å². The van der Waals surface area contributed by atoms with Crippen LogP contribution in [-0.2, 0) is 4.79 Å². The molecule has 5 nitrogen and oxygen atoms in total. The van der Waals surface area contributed by atoms with Crippen molar-refractivity contribution in [3.8, 4) is 5.75 Å². The maximum atomic E-state index is 11.0. The Morgan fingerprint density at radius 3 is 2.69 bits per heavy atom. The number of H-pyrrole nitrogens is 1. The number of carboxylic acids is 1. The van der Waals surface area contributed by atoms with Crippen LogP contribution in [0.25, 0.3) is 0 Å². The molecule has 1 unspecified atom stereocenters. The molecule has 1 atom stereocenters. The molecule has 2 aromatic rings. The van der Waals surface area contributed by atoms with E-state index in [0.29, 0.717) is 5.75 Å². The summed E-state index contributed by atoms with van der Waals surface area (Å²) < 4.78 is 5.33. The van der Waals surface area contributed by atoms with E-state index in [1.807, 2.05) is 6.07 Å². The molecule has 0 bridgehead atoms. The second kappa shape index (κ2) is 4.48. The number of hydrogen-bond acceptors (Lipinski definition) is 3. The number of aromatic amines is 1. The fourth-order valence-electron chi connectivity index (χ4n) is 1.28. The lowest BCUT2D eigenvalue weighted by atomic mass is 10.3. The van der Waals surface area contributed by atoms with Crippen molar-refractivity contribution in [2.24, 2.45) is 0 Å². The molecule has 0 radical (unpaired) electrons. The first-order valence-corrected chi connectivity index (χ1v) is 4.71. The molecule has 0 saturated carbocycles. The summed E-state index contributed by atoms with van der Waals surface area (Å²) in [5.41, 5.74) is 0. The van der Waals surface area contributed by atoms with Crippen molar-refractivity contribution in [2.75, 3.05) is 0 Å². The van der Waals surface area contributed by atoms with Gasteiger partial charge in [0, 0.05) is 12.4 Å². The van der Waals surface area contributed by atoms with E-state index in [9.17, 15) is 4.79 Å². The molecule has 0 fully saturated rings. The number of nitrogens with one attached hydrogen (secondary N) is 1. The number of nitrogens with zero attached hydrogens (tertiary/aromatic N) is 1. The molecule has 2 N–H and O–H groups in total. The fraction of sp³-hybridized carbons (Fsp3) is 0.0909. The highest BCUT2D eigenvalue weighted by atomic mass is 16.5. The Kier molecular flexibility index (Phi) is 2.86. The lowest BCUT2D eigenvalue weighted by molar-refractivity contribution is -0.145. The summed E-state index contributed by atoms with van der Waals surface area (Å²) in [4.78, 5) is 17.6. The van der Waals surface area contributed by atoms with Crippen molar-refractivity contribution in [1.29, 1.82) is 0 Å². The number of para-hydroxylation sites is 1. The number of aliphatic carboxylic acids is 1. The van der Waals surface area contributed by atoms with Gasteiger partial charge in [-0.1, -0.05) is 18.2 Å². The smallest absolute Gasteiger partial charge is 0.352 e. The van der Waals surface area contributed by atoms with Crippen molar-refractivity contribution in [3.05, 3.63) is 48.5 Å². The van der Waals surface area contributed by atoms with Crippen LogP contribution in [0.4, 0.5) is 0 Å². The van der Waals surface area contributed by atoms with Crippen molar-refractivity contribution < 1.29 is 14.6 Å². The average molecular weight is 218 g/mol. The van der Waals surface area contributed by atoms with E-state index in [2.05, 4.69) is 9.97 Å². The largest absolute Gasteiger partial charge is 0.478 e. The molecule has 0 saturated heterocycles. The van der Waals surface area contributed by atoms with E-state index in [-0.39, 0.29) is 5.82 Å². The molecule has 0 aliphatic carbocycles. The van der Waals surface area contributed by atoms with E-state index in [4.69, 9.17) is 9.84 Å². The molecular weight excluding hydrogens is 208 g/mol. The Labute approximate surface area is 91.7 Å². The van der Waals surface area contributed by atoms with Gasteiger partial charge in [0.05, 0.1) is 0 Å². The number of benzene rings is 1. The zero-order valence-electron chi connectivity index (χ0n) is 8.33. The molecule has 0 amide bonds. The molecule has 5 heteroatoms. The van der Waals surface area contributed by atoms with Crippen LogP contribution in [0.15, 0.2) is 42.7 Å². The van der Waals surface area contributed by atoms with Crippen LogP contribution >= 0.6 is 0 Å². The number of ether oxygens (including phenoxy) is 1. The zero-order chi connectivity index (χ0) is 11.4. The van der Waals surface area contributed by atoms with Gasteiger partial charge in [0.25, 0.3) is 6.10 Å². The van der Waals surface area contributed by atoms with Gasteiger partial charge in [-0.05, 0) is 12.1 Å². The minimum Gasteiger partial charge on any atom is -0.478 e. The fourth-order valence-corrected chi connectivity index (χ4v) is 1.28. The lowest BCUT2D eigenvalue weighted by Crippen LogP contribution is -2.19. The Balaban J connectivity index is 2.19. The predicted molar refractivity (Wildman–Crippen MR) is 56.0 cm³/mol. The SMILES string of the molecule is O=C(O)C(Oc1ccccc1)c1ncc[nH]1. The van der Waals surface area contributed by atoms with Gasteiger partial charge in [0.1, 0.15) is 5.75 Å².